The summed E-state index contributed by atoms with van der Waals surface area (Å²) in [5, 5.41) is 5.21. The molecule has 276 valence electrons. The Morgan fingerprint density at radius 2 is 1.12 bits per heavy atom. The van der Waals surface area contributed by atoms with Gasteiger partial charge in [-0.15, -0.1) is 0 Å². The second-order valence-corrected chi connectivity index (χ2v) is 18.0. The molecule has 59 heavy (non-hydrogen) atoms. The first kappa shape index (κ1) is 32.7. The molecule has 0 bridgehead atoms. The van der Waals surface area contributed by atoms with Gasteiger partial charge in [0.15, 0.2) is 0 Å². The normalized spacial score (nSPS) is 13.8. The maximum Gasteiger partial charge on any atom is 0.256 e. The first-order chi connectivity index (χ1) is 29.2. The topological polar surface area (TPSA) is 22.3 Å². The minimum Gasteiger partial charge on any atom is -0.458 e. The number of rotatable bonds is 4. The van der Waals surface area contributed by atoms with Gasteiger partial charge in [-0.1, -0.05) is 110 Å². The number of halogens is 1. The molecule has 7 heteroatoms. The summed E-state index contributed by atoms with van der Waals surface area (Å²) in [6.45, 7) is 2.34. The number of hydrogen-bond donors (Lipinski definition) is 0. The largest absolute Gasteiger partial charge is 0.458 e. The van der Waals surface area contributed by atoms with Crippen molar-refractivity contribution in [3.8, 4) is 22.9 Å². The first-order valence-corrected chi connectivity index (χ1v) is 22.0. The third-order valence-corrected chi connectivity index (χ3v) is 14.4. The SMILES string of the molecule is CCCCc1cc2c3c(c1)-n1c4ccccc4c4cccc(c41)B3c1cc3c(cc1N2c1ccccc1)Oc1cc(I)cc2c1B3c1cccc3c4ccccc4n-2c13. The van der Waals surface area contributed by atoms with Crippen LogP contribution in [0.1, 0.15) is 25.3 Å². The predicted molar refractivity (Wildman–Crippen MR) is 257 cm³/mol. The van der Waals surface area contributed by atoms with Crippen LogP contribution in [0.3, 0.4) is 0 Å². The molecular formula is C52H34B2IN3O. The molecular weight excluding hydrogens is 831 g/mol. The summed E-state index contributed by atoms with van der Waals surface area (Å²) < 4.78 is 13.5. The van der Waals surface area contributed by atoms with Crippen LogP contribution in [-0.4, -0.2) is 22.6 Å². The van der Waals surface area contributed by atoms with Crippen LogP contribution in [0.2, 0.25) is 0 Å². The number of hydrogen-bond acceptors (Lipinski definition) is 2. The van der Waals surface area contributed by atoms with E-state index in [2.05, 4.69) is 195 Å². The molecule has 0 atom stereocenters. The summed E-state index contributed by atoms with van der Waals surface area (Å²) in [5.74, 6) is 1.88. The molecule has 0 N–H and O–H groups in total. The van der Waals surface area contributed by atoms with Gasteiger partial charge in [0.05, 0.1) is 11.0 Å². The number of aryl methyl sites for hydroxylation is 1. The number of unbranched alkanes of at least 4 members (excludes halogenated alkanes) is 1. The van der Waals surface area contributed by atoms with E-state index in [1.54, 1.807) is 0 Å². The van der Waals surface area contributed by atoms with Crippen LogP contribution in [0.15, 0.2) is 152 Å². The number of ether oxygens (including phenoxy) is 1. The Labute approximate surface area is 355 Å². The highest BCUT2D eigenvalue weighted by molar-refractivity contribution is 14.1. The van der Waals surface area contributed by atoms with Gasteiger partial charge in [0.25, 0.3) is 13.4 Å². The van der Waals surface area contributed by atoms with Crippen molar-refractivity contribution in [2.24, 2.45) is 0 Å². The fourth-order valence-electron chi connectivity index (χ4n) is 11.5. The average molecular weight is 865 g/mol. The van der Waals surface area contributed by atoms with Crippen LogP contribution < -0.4 is 42.4 Å². The molecule has 0 saturated carbocycles. The molecule has 0 radical (unpaired) electrons. The smallest absolute Gasteiger partial charge is 0.256 e. The van der Waals surface area contributed by atoms with Crippen molar-refractivity contribution in [2.75, 3.05) is 4.90 Å². The third-order valence-electron chi connectivity index (χ3n) is 13.7. The lowest BCUT2D eigenvalue weighted by molar-refractivity contribution is 0.487. The highest BCUT2D eigenvalue weighted by Crippen LogP contribution is 2.45. The molecule has 0 fully saturated rings. The van der Waals surface area contributed by atoms with Crippen molar-refractivity contribution in [2.45, 2.75) is 26.2 Å². The van der Waals surface area contributed by atoms with Crippen LogP contribution in [0.25, 0.3) is 55.0 Å². The van der Waals surface area contributed by atoms with Gasteiger partial charge in [-0.05, 0) is 122 Å². The van der Waals surface area contributed by atoms with Crippen molar-refractivity contribution in [3.05, 3.63) is 161 Å². The minimum absolute atomic E-state index is 0.0138. The predicted octanol–water partition coefficient (Wildman–Crippen LogP) is 9.38. The van der Waals surface area contributed by atoms with E-state index in [1.165, 1.54) is 108 Å². The van der Waals surface area contributed by atoms with Gasteiger partial charge < -0.3 is 18.8 Å². The number of para-hydroxylation sites is 5. The van der Waals surface area contributed by atoms with Gasteiger partial charge in [0.2, 0.25) is 0 Å². The Morgan fingerprint density at radius 1 is 0.508 bits per heavy atom. The Morgan fingerprint density at radius 3 is 1.81 bits per heavy atom. The number of aromatic nitrogens is 2. The van der Waals surface area contributed by atoms with Crippen LogP contribution in [-0.2, 0) is 6.42 Å². The van der Waals surface area contributed by atoms with E-state index in [0.717, 1.165) is 36.4 Å². The molecule has 0 saturated heterocycles. The lowest BCUT2D eigenvalue weighted by Gasteiger charge is -2.42. The van der Waals surface area contributed by atoms with E-state index < -0.39 is 0 Å². The van der Waals surface area contributed by atoms with Crippen molar-refractivity contribution in [1.82, 2.24) is 9.13 Å². The maximum absolute atomic E-state index is 7.23. The summed E-state index contributed by atoms with van der Waals surface area (Å²) in [6, 6.07) is 57.3. The van der Waals surface area contributed by atoms with Crippen molar-refractivity contribution in [1.29, 1.82) is 0 Å². The summed E-state index contributed by atoms with van der Waals surface area (Å²) in [5.41, 5.74) is 20.5. The molecule has 4 nitrogen and oxygen atoms in total. The van der Waals surface area contributed by atoms with Crippen LogP contribution >= 0.6 is 22.6 Å². The molecule has 0 spiro atoms. The molecule has 0 aliphatic carbocycles. The van der Waals surface area contributed by atoms with Crippen LogP contribution in [0.5, 0.6) is 11.5 Å². The molecule has 6 heterocycles. The zero-order chi connectivity index (χ0) is 38.7. The quantitative estimate of drug-likeness (QED) is 0.130. The lowest BCUT2D eigenvalue weighted by Crippen LogP contribution is -2.63. The second-order valence-electron chi connectivity index (χ2n) is 16.8. The van der Waals surface area contributed by atoms with E-state index in [-0.39, 0.29) is 13.4 Å². The Bertz CT molecular complexity index is 3510. The summed E-state index contributed by atoms with van der Waals surface area (Å²) in [6.07, 6.45) is 3.34. The van der Waals surface area contributed by atoms with Crippen LogP contribution in [0.4, 0.5) is 17.1 Å². The van der Waals surface area contributed by atoms with E-state index >= 15 is 0 Å². The number of fused-ring (bicyclic) bond motifs is 14. The highest BCUT2D eigenvalue weighted by Gasteiger charge is 2.46. The molecule has 10 aromatic rings. The number of anilines is 3. The summed E-state index contributed by atoms with van der Waals surface area (Å²) >= 11 is 2.47. The van der Waals surface area contributed by atoms with Crippen molar-refractivity contribution < 1.29 is 4.74 Å². The standard InChI is InChI=1S/C52H34B2IN3O/c1-2-3-13-30-24-44-49-45(25-30)57-41-22-9-7-16-33(41)35-18-11-20-37(51(35)57)53(49)39-28-40-47(29-43(39)56(44)32-14-5-4-6-15-32)59-48-27-31(55)26-46-50(48)54(40)38-21-12-19-36-34-17-8-10-23-42(34)58(46)52(36)38/h4-12,14-29H,2-3,13H2,1H3. The Balaban J connectivity index is 1.12. The Hall–Kier alpha value is -6.18. The summed E-state index contributed by atoms with van der Waals surface area (Å²) in [7, 11) is 0. The van der Waals surface area contributed by atoms with Crippen molar-refractivity contribution in [3.63, 3.8) is 0 Å². The van der Waals surface area contributed by atoms with E-state index in [4.69, 9.17) is 4.74 Å². The van der Waals surface area contributed by atoms with E-state index in [9.17, 15) is 0 Å². The van der Waals surface area contributed by atoms with Gasteiger partial charge in [0, 0.05) is 70.7 Å². The highest BCUT2D eigenvalue weighted by atomic mass is 127. The molecule has 4 aliphatic rings. The number of nitrogens with zero attached hydrogens (tertiary/aromatic N) is 3. The fourth-order valence-corrected chi connectivity index (χ4v) is 12.0. The molecule has 8 aromatic carbocycles. The molecule has 4 aliphatic heterocycles. The first-order valence-electron chi connectivity index (χ1n) is 20.9. The van der Waals surface area contributed by atoms with Gasteiger partial charge in [-0.25, -0.2) is 0 Å². The second kappa shape index (κ2) is 11.7. The lowest BCUT2D eigenvalue weighted by atomic mass is 9.31. The minimum atomic E-state index is 0.0138. The van der Waals surface area contributed by atoms with Gasteiger partial charge in [0.1, 0.15) is 11.5 Å². The van der Waals surface area contributed by atoms with Gasteiger partial charge in [-0.2, -0.15) is 0 Å². The average Bonchev–Trinajstić information content (AvgIpc) is 3.80. The Kier molecular flexibility index (Phi) is 6.51. The zero-order valence-corrected chi connectivity index (χ0v) is 34.5. The molecule has 2 aromatic heterocycles. The molecule has 0 unspecified atom stereocenters. The van der Waals surface area contributed by atoms with Crippen LogP contribution in [0, 0.1) is 3.57 Å². The molecule has 0 amide bonds. The monoisotopic (exact) mass is 865 g/mol. The summed E-state index contributed by atoms with van der Waals surface area (Å²) in [4.78, 5) is 2.54. The van der Waals surface area contributed by atoms with E-state index in [0.29, 0.717) is 0 Å². The van der Waals surface area contributed by atoms with Gasteiger partial charge >= 0.3 is 0 Å². The maximum atomic E-state index is 7.23. The molecule has 14 rings (SSSR count). The van der Waals surface area contributed by atoms with E-state index in [1.807, 2.05) is 0 Å². The van der Waals surface area contributed by atoms with Crippen molar-refractivity contribution >= 4 is 129 Å². The number of benzene rings is 8. The zero-order valence-electron chi connectivity index (χ0n) is 32.3. The third kappa shape index (κ3) is 4.16. The van der Waals surface area contributed by atoms with Gasteiger partial charge in [-0.3, -0.25) is 0 Å². The fraction of sp³-hybridized carbons (Fsp3) is 0.0769.